The number of benzene rings is 1. The Labute approximate surface area is 127 Å². The lowest BCUT2D eigenvalue weighted by Crippen LogP contribution is -2.39. The summed E-state index contributed by atoms with van der Waals surface area (Å²) in [5.41, 5.74) is 0.843. The number of hydrogen-bond acceptors (Lipinski definition) is 2. The van der Waals surface area contributed by atoms with Crippen molar-refractivity contribution < 1.29 is 8.42 Å². The monoisotopic (exact) mass is 315 g/mol. The predicted octanol–water partition coefficient (Wildman–Crippen LogP) is 3.77. The molecule has 0 aliphatic carbocycles. The van der Waals surface area contributed by atoms with Crippen LogP contribution in [0.15, 0.2) is 29.2 Å². The van der Waals surface area contributed by atoms with Crippen LogP contribution < -0.4 is 0 Å². The van der Waals surface area contributed by atoms with Gasteiger partial charge in [-0.15, -0.1) is 11.6 Å². The van der Waals surface area contributed by atoms with E-state index >= 15 is 0 Å². The zero-order valence-electron chi connectivity index (χ0n) is 11.9. The minimum absolute atomic E-state index is 0.127. The Morgan fingerprint density at radius 1 is 1.30 bits per heavy atom. The van der Waals surface area contributed by atoms with Crippen LogP contribution in [0.25, 0.3) is 0 Å². The third-order valence-electron chi connectivity index (χ3n) is 3.95. The molecule has 0 bridgehead atoms. The lowest BCUT2D eigenvalue weighted by Gasteiger charge is -2.28. The van der Waals surface area contributed by atoms with Crippen molar-refractivity contribution in [3.8, 4) is 0 Å². The molecule has 1 aliphatic rings. The van der Waals surface area contributed by atoms with Crippen LogP contribution >= 0.6 is 11.6 Å². The van der Waals surface area contributed by atoms with Crippen molar-refractivity contribution in [3.63, 3.8) is 0 Å². The molecule has 0 spiro atoms. The molecule has 1 unspecified atom stereocenters. The molecular formula is C15H22ClNO2S. The normalized spacial score (nSPS) is 21.6. The van der Waals surface area contributed by atoms with E-state index in [9.17, 15) is 8.42 Å². The Bertz CT molecular complexity index is 545. The van der Waals surface area contributed by atoms with Gasteiger partial charge in [-0.1, -0.05) is 31.9 Å². The van der Waals surface area contributed by atoms with Crippen LogP contribution in [0.4, 0.5) is 0 Å². The smallest absolute Gasteiger partial charge is 0.207 e. The summed E-state index contributed by atoms with van der Waals surface area (Å²) >= 11 is 5.81. The standard InChI is InChI=1S/C15H22ClNO2S/c1-2-14-8-4-3-5-10-17(14)20(18,19)15-9-6-7-13(11-15)12-16/h6-7,9,11,14H,2-5,8,10,12H2,1H3. The summed E-state index contributed by atoms with van der Waals surface area (Å²) in [6.07, 6.45) is 5.01. The zero-order chi connectivity index (χ0) is 14.6. The fourth-order valence-corrected chi connectivity index (χ4v) is 4.80. The van der Waals surface area contributed by atoms with E-state index in [1.165, 1.54) is 0 Å². The van der Waals surface area contributed by atoms with Crippen LogP contribution in [-0.4, -0.2) is 25.3 Å². The summed E-state index contributed by atoms with van der Waals surface area (Å²) < 4.78 is 27.4. The highest BCUT2D eigenvalue weighted by molar-refractivity contribution is 7.89. The number of hydrogen-bond donors (Lipinski definition) is 0. The van der Waals surface area contributed by atoms with Gasteiger partial charge < -0.3 is 0 Å². The first-order valence-electron chi connectivity index (χ1n) is 7.26. The maximum Gasteiger partial charge on any atom is 0.243 e. The van der Waals surface area contributed by atoms with Crippen molar-refractivity contribution in [1.82, 2.24) is 4.31 Å². The Morgan fingerprint density at radius 3 is 2.80 bits per heavy atom. The van der Waals surface area contributed by atoms with Crippen molar-refractivity contribution in [2.24, 2.45) is 0 Å². The van der Waals surface area contributed by atoms with Crippen LogP contribution in [0.5, 0.6) is 0 Å². The molecule has 0 radical (unpaired) electrons. The second-order valence-corrected chi connectivity index (χ2v) is 7.47. The average Bonchev–Trinajstić information content (AvgIpc) is 2.72. The van der Waals surface area contributed by atoms with Gasteiger partial charge in [0.25, 0.3) is 0 Å². The predicted molar refractivity (Wildman–Crippen MR) is 82.4 cm³/mol. The van der Waals surface area contributed by atoms with Crippen LogP contribution in [0, 0.1) is 0 Å². The molecule has 1 atom stereocenters. The molecule has 1 fully saturated rings. The van der Waals surface area contributed by atoms with E-state index in [1.807, 2.05) is 6.07 Å². The summed E-state index contributed by atoms with van der Waals surface area (Å²) in [5, 5.41) is 0. The van der Waals surface area contributed by atoms with Gasteiger partial charge in [-0.05, 0) is 37.0 Å². The van der Waals surface area contributed by atoms with Crippen molar-refractivity contribution in [2.75, 3.05) is 6.54 Å². The minimum Gasteiger partial charge on any atom is -0.207 e. The molecule has 112 valence electrons. The minimum atomic E-state index is -3.40. The summed E-state index contributed by atoms with van der Waals surface area (Å²) in [5.74, 6) is 0.334. The second-order valence-electron chi connectivity index (χ2n) is 5.31. The molecule has 1 aliphatic heterocycles. The average molecular weight is 316 g/mol. The fraction of sp³-hybridized carbons (Fsp3) is 0.600. The number of alkyl halides is 1. The van der Waals surface area contributed by atoms with Gasteiger partial charge in [0.1, 0.15) is 0 Å². The molecule has 0 N–H and O–H groups in total. The molecule has 1 heterocycles. The lowest BCUT2D eigenvalue weighted by molar-refractivity contribution is 0.315. The van der Waals surface area contributed by atoms with Crippen LogP contribution in [0.2, 0.25) is 0 Å². The van der Waals surface area contributed by atoms with E-state index in [-0.39, 0.29) is 6.04 Å². The van der Waals surface area contributed by atoms with Crippen molar-refractivity contribution in [2.45, 2.75) is 55.8 Å². The van der Waals surface area contributed by atoms with Crippen LogP contribution in [0.1, 0.15) is 44.6 Å². The largest absolute Gasteiger partial charge is 0.243 e. The van der Waals surface area contributed by atoms with Gasteiger partial charge >= 0.3 is 0 Å². The van der Waals surface area contributed by atoms with Gasteiger partial charge in [0, 0.05) is 18.5 Å². The number of sulfonamides is 1. The van der Waals surface area contributed by atoms with Gasteiger partial charge in [0.15, 0.2) is 0 Å². The van der Waals surface area contributed by atoms with Gasteiger partial charge in [0.05, 0.1) is 4.90 Å². The topological polar surface area (TPSA) is 37.4 Å². The zero-order valence-corrected chi connectivity index (χ0v) is 13.5. The first kappa shape index (κ1) is 15.8. The van der Waals surface area contributed by atoms with Gasteiger partial charge in [0.2, 0.25) is 10.0 Å². The Morgan fingerprint density at radius 2 is 2.10 bits per heavy atom. The maximum absolute atomic E-state index is 12.9. The summed E-state index contributed by atoms with van der Waals surface area (Å²) in [4.78, 5) is 0.371. The highest BCUT2D eigenvalue weighted by Gasteiger charge is 2.31. The van der Waals surface area contributed by atoms with E-state index < -0.39 is 10.0 Å². The lowest BCUT2D eigenvalue weighted by atomic mass is 10.1. The highest BCUT2D eigenvalue weighted by Crippen LogP contribution is 2.26. The van der Waals surface area contributed by atoms with E-state index in [2.05, 4.69) is 6.92 Å². The molecule has 1 aromatic rings. The molecule has 20 heavy (non-hydrogen) atoms. The molecule has 1 saturated heterocycles. The molecule has 5 heteroatoms. The maximum atomic E-state index is 12.9. The number of halogens is 1. The Balaban J connectivity index is 2.35. The van der Waals surface area contributed by atoms with Gasteiger partial charge in [-0.25, -0.2) is 8.42 Å². The van der Waals surface area contributed by atoms with Crippen molar-refractivity contribution in [3.05, 3.63) is 29.8 Å². The van der Waals surface area contributed by atoms with E-state index in [1.54, 1.807) is 22.5 Å². The van der Waals surface area contributed by atoms with Gasteiger partial charge in [-0.2, -0.15) is 4.31 Å². The quantitative estimate of drug-likeness (QED) is 0.793. The molecule has 2 rings (SSSR count). The number of rotatable bonds is 4. The fourth-order valence-electron chi connectivity index (χ4n) is 2.80. The molecule has 3 nitrogen and oxygen atoms in total. The van der Waals surface area contributed by atoms with E-state index in [0.29, 0.717) is 17.3 Å². The molecule has 0 saturated carbocycles. The van der Waals surface area contributed by atoms with Crippen LogP contribution in [0.3, 0.4) is 0 Å². The molecule has 1 aromatic carbocycles. The number of nitrogens with zero attached hydrogens (tertiary/aromatic N) is 1. The first-order chi connectivity index (χ1) is 9.59. The third kappa shape index (κ3) is 3.35. The molecule has 0 amide bonds. The van der Waals surface area contributed by atoms with E-state index in [0.717, 1.165) is 37.7 Å². The van der Waals surface area contributed by atoms with Crippen molar-refractivity contribution >= 4 is 21.6 Å². The van der Waals surface area contributed by atoms with Crippen LogP contribution in [-0.2, 0) is 15.9 Å². The summed E-state index contributed by atoms with van der Waals surface area (Å²) in [6, 6.07) is 7.11. The third-order valence-corrected chi connectivity index (χ3v) is 6.21. The van der Waals surface area contributed by atoms with Crippen molar-refractivity contribution in [1.29, 1.82) is 0 Å². The highest BCUT2D eigenvalue weighted by atomic mass is 35.5. The second kappa shape index (κ2) is 6.92. The SMILES string of the molecule is CCC1CCCCCN1S(=O)(=O)c1cccc(CCl)c1. The molecule has 0 aromatic heterocycles. The Kier molecular flexibility index (Phi) is 5.47. The summed E-state index contributed by atoms with van der Waals surface area (Å²) in [7, 11) is -3.40. The van der Waals surface area contributed by atoms with Gasteiger partial charge in [-0.3, -0.25) is 0 Å². The van der Waals surface area contributed by atoms with E-state index in [4.69, 9.17) is 11.6 Å². The summed E-state index contributed by atoms with van der Waals surface area (Å²) in [6.45, 7) is 2.69. The Hall–Kier alpha value is -0.580. The molecular weight excluding hydrogens is 294 g/mol. The first-order valence-corrected chi connectivity index (χ1v) is 9.23.